The Kier molecular flexibility index (Phi) is 25.9. The summed E-state index contributed by atoms with van der Waals surface area (Å²) in [4.78, 5) is 2.80. The Bertz CT molecular complexity index is 2140. The van der Waals surface area contributed by atoms with Gasteiger partial charge in [0.15, 0.2) is 0 Å². The minimum atomic E-state index is -4.53. The number of likely N-dealkylation sites (N-methyl/N-ethyl adjacent to an activating group) is 1. The summed E-state index contributed by atoms with van der Waals surface area (Å²) in [5, 5.41) is 24.7. The van der Waals surface area contributed by atoms with E-state index in [2.05, 4.69) is 35.8 Å². The maximum Gasteiger partial charge on any atom is 1.00 e. The van der Waals surface area contributed by atoms with Crippen LogP contribution in [-0.2, 0) is 50.1 Å². The van der Waals surface area contributed by atoms with Crippen molar-refractivity contribution in [1.82, 2.24) is 4.90 Å². The molecule has 18 nitrogen and oxygen atoms in total. The van der Waals surface area contributed by atoms with Crippen molar-refractivity contribution in [2.24, 2.45) is 28.7 Å². The molecule has 326 valence electrons. The van der Waals surface area contributed by atoms with E-state index in [0.29, 0.717) is 32.0 Å². The average molecular weight is 953 g/mol. The van der Waals surface area contributed by atoms with Gasteiger partial charge in [0.25, 0.3) is 10.1 Å². The van der Waals surface area contributed by atoms with Gasteiger partial charge in [0.2, 0.25) is 0 Å². The predicted octanol–water partition coefficient (Wildman–Crippen LogP) is -3.24. The van der Waals surface area contributed by atoms with Crippen molar-refractivity contribution in [2.75, 3.05) is 33.7 Å². The summed E-state index contributed by atoms with van der Waals surface area (Å²) in [6.07, 6.45) is 0. The third-order valence-corrected chi connectivity index (χ3v) is 11.7. The second kappa shape index (κ2) is 27.6. The van der Waals surface area contributed by atoms with E-state index < -0.39 is 31.3 Å². The van der Waals surface area contributed by atoms with Crippen molar-refractivity contribution in [2.45, 2.75) is 36.7 Å². The molecule has 12 N–H and O–H groups in total. The first-order valence-corrected chi connectivity index (χ1v) is 21.7. The molecule has 0 spiro atoms. The Hall–Kier alpha value is -1.86. The Balaban J connectivity index is 0.000000482. The molecule has 0 saturated carbocycles. The molecule has 0 aliphatic heterocycles. The van der Waals surface area contributed by atoms with Gasteiger partial charge in [0.05, 0.1) is 45.0 Å². The number of nitrogens with two attached hydrogens (primary N) is 5. The molecule has 3 unspecified atom stereocenters. The van der Waals surface area contributed by atoms with Crippen molar-refractivity contribution in [3.8, 4) is 0 Å². The van der Waals surface area contributed by atoms with Gasteiger partial charge in [-0.25, -0.2) is 13.7 Å². The fourth-order valence-corrected chi connectivity index (χ4v) is 7.23. The molecule has 3 atom stereocenters. The maximum absolute atomic E-state index is 11.1. The van der Waals surface area contributed by atoms with Crippen LogP contribution in [0.2, 0.25) is 0 Å². The third kappa shape index (κ3) is 17.5. The van der Waals surface area contributed by atoms with Crippen molar-refractivity contribution < 1.29 is 114 Å². The topological polar surface area (TPSA) is 325 Å². The van der Waals surface area contributed by atoms with Gasteiger partial charge in [-0.1, -0.05) is 83.9 Å². The molecule has 0 amide bonds. The Morgan fingerprint density at radius 3 is 1.35 bits per heavy atom. The summed E-state index contributed by atoms with van der Waals surface area (Å²) in [6, 6.07) is 34.7. The second-order valence-electron chi connectivity index (χ2n) is 13.1. The normalized spacial score (nSPS) is 13.7. The van der Waals surface area contributed by atoms with Crippen LogP contribution in [0, 0.1) is 0 Å². The summed E-state index contributed by atoms with van der Waals surface area (Å²) in [5.74, 6) is 0. The van der Waals surface area contributed by atoms with E-state index in [0.717, 1.165) is 30.6 Å². The summed E-state index contributed by atoms with van der Waals surface area (Å²) >= 11 is 1.55. The van der Waals surface area contributed by atoms with E-state index in [1.54, 1.807) is 48.5 Å². The van der Waals surface area contributed by atoms with Gasteiger partial charge < -0.3 is 43.4 Å². The Morgan fingerprint density at radius 1 is 0.661 bits per heavy atom. The molecule has 24 heteroatoms. The zero-order valence-corrected chi connectivity index (χ0v) is 41.5. The molecule has 0 bridgehead atoms. The van der Waals surface area contributed by atoms with E-state index >= 15 is 0 Å². The van der Waals surface area contributed by atoms with Gasteiger partial charge in [0, 0.05) is 35.5 Å². The number of rotatable bonds is 17. The molecule has 0 radical (unpaired) electrons. The number of hydrogen-bond donors (Lipinski definition) is 7. The minimum absolute atomic E-state index is 0. The quantitative estimate of drug-likeness (QED) is 0.0158. The van der Waals surface area contributed by atoms with E-state index in [4.69, 9.17) is 38.5 Å². The molecule has 62 heavy (non-hydrogen) atoms. The summed E-state index contributed by atoms with van der Waals surface area (Å²) in [5.41, 5.74) is 32.0. The van der Waals surface area contributed by atoms with E-state index in [1.807, 2.05) is 32.3 Å². The van der Waals surface area contributed by atoms with Gasteiger partial charge in [-0.2, -0.15) is 12.8 Å². The largest absolute Gasteiger partial charge is 1.00 e. The fourth-order valence-electron chi connectivity index (χ4n) is 5.57. The molecule has 5 rings (SSSR count). The predicted molar refractivity (Wildman–Crippen MR) is 222 cm³/mol. The van der Waals surface area contributed by atoms with Crippen molar-refractivity contribution in [1.29, 1.82) is 0 Å². The first-order chi connectivity index (χ1) is 28.3. The average Bonchev–Trinajstić information content (AvgIpc) is 3.24. The van der Waals surface area contributed by atoms with Gasteiger partial charge in [-0.05, 0) is 90.4 Å². The fraction of sp³-hybridized carbons (Fsp3) is 0.211. The van der Waals surface area contributed by atoms with Crippen LogP contribution in [0.4, 0.5) is 0 Å². The molecular weight excluding hydrogens is 907 g/mol. The van der Waals surface area contributed by atoms with E-state index in [-0.39, 0.29) is 88.0 Å². The van der Waals surface area contributed by atoms with E-state index in [9.17, 15) is 26.6 Å². The van der Waals surface area contributed by atoms with Crippen LogP contribution in [0.15, 0.2) is 147 Å². The van der Waals surface area contributed by atoms with Crippen molar-refractivity contribution >= 4 is 44.3 Å². The SMILES string of the molecule is CN(C)CC(N)c1ccccc1.NCC(N)(c1ccc(SOOO)cc1)c1ccc(S(=O)(=O)O)cc1.NCC(N)(c1ccc(SOO[O-])cc1)c1ccc(S(=O)(=O)[O-])cc1.[Na+].[Na+]. The molecule has 0 aliphatic rings. The number of benzene rings is 5. The number of nitrogens with zero attached hydrogens (tertiary/aromatic N) is 1. The summed E-state index contributed by atoms with van der Waals surface area (Å²) in [7, 11) is -4.74. The van der Waals surface area contributed by atoms with Crippen LogP contribution < -0.4 is 93.0 Å². The van der Waals surface area contributed by atoms with Gasteiger partial charge in [-0.15, -0.1) is 4.33 Å². The zero-order valence-electron chi connectivity index (χ0n) is 34.3. The molecule has 0 aliphatic carbocycles. The third-order valence-electron chi connectivity index (χ3n) is 8.82. The van der Waals surface area contributed by atoms with Crippen LogP contribution in [0.5, 0.6) is 0 Å². The van der Waals surface area contributed by atoms with Crippen LogP contribution >= 0.6 is 24.1 Å². The number of hydrogen-bond acceptors (Lipinski definition) is 19. The molecule has 0 saturated heterocycles. The standard InChI is InChI=1S/2C14H16N2O6S2.C10H16N2.2Na/c2*15-9-14(16,10-1-5-12(6-2-10)23-22-21-17)11-3-7-13(8-4-11)24(18,19)20;1-12(2)8-10(11)9-6-4-3-5-7-9;;/h2*1-8,17H,9,15-16H2,(H,18,19,20);3-7,10H,8,11H2,1-2H3;;/q;;;2*+1/p-2. The van der Waals surface area contributed by atoms with Crippen LogP contribution in [0.3, 0.4) is 0 Å². The Morgan fingerprint density at radius 2 is 1.03 bits per heavy atom. The zero-order chi connectivity index (χ0) is 44.6. The Labute approximate surface area is 414 Å². The van der Waals surface area contributed by atoms with Gasteiger partial charge in [0.1, 0.15) is 10.1 Å². The first-order valence-electron chi connectivity index (χ1n) is 17.4. The van der Waals surface area contributed by atoms with Crippen molar-refractivity contribution in [3.63, 3.8) is 0 Å². The molecule has 5 aromatic rings. The molecule has 0 heterocycles. The summed E-state index contributed by atoms with van der Waals surface area (Å²) in [6.45, 7) is 1.01. The smallest absolute Gasteiger partial charge is 0.744 e. The van der Waals surface area contributed by atoms with E-state index in [1.165, 1.54) is 54.1 Å². The van der Waals surface area contributed by atoms with Gasteiger partial charge in [-0.3, -0.25) is 9.59 Å². The maximum atomic E-state index is 11.1. The van der Waals surface area contributed by atoms with Crippen LogP contribution in [-0.4, -0.2) is 69.8 Å². The van der Waals surface area contributed by atoms with Crippen LogP contribution in [0.25, 0.3) is 0 Å². The molecule has 5 aromatic carbocycles. The molecule has 0 fully saturated rings. The van der Waals surface area contributed by atoms with Crippen molar-refractivity contribution in [3.05, 3.63) is 155 Å². The molecular formula is C38H46N6Na2O12S4. The molecule has 0 aromatic heterocycles. The van der Waals surface area contributed by atoms with Gasteiger partial charge >= 0.3 is 59.1 Å². The summed E-state index contributed by atoms with van der Waals surface area (Å²) < 4.78 is 72.8. The van der Waals surface area contributed by atoms with Crippen LogP contribution in [0.1, 0.15) is 33.9 Å². The second-order valence-corrected chi connectivity index (χ2v) is 17.5. The monoisotopic (exact) mass is 952 g/mol. The first kappa shape index (κ1) is 58.2. The minimum Gasteiger partial charge on any atom is -0.744 e.